The molecular formula is C35H41NO35. The number of Topliss-reactive ketones (excluding diaryl/α,β-unsaturated/α-hetero) is 1. The van der Waals surface area contributed by atoms with Gasteiger partial charge in [-0.25, -0.2) is 24.3 Å². The Hall–Kier alpha value is -5.38. The van der Waals surface area contributed by atoms with Crippen LogP contribution in [0.15, 0.2) is 48.5 Å². The number of amides is 2. The fourth-order valence-corrected chi connectivity index (χ4v) is 5.99. The van der Waals surface area contributed by atoms with Crippen molar-refractivity contribution < 1.29 is 173 Å². The molecule has 36 heteroatoms. The Kier molecular flexibility index (Phi) is 28.6. The largest absolute Gasteiger partial charge is 0.465 e. The van der Waals surface area contributed by atoms with Gasteiger partial charge in [-0.1, -0.05) is 48.5 Å². The molecule has 2 aliphatic rings. The van der Waals surface area contributed by atoms with Gasteiger partial charge in [0.2, 0.25) is 0 Å². The summed E-state index contributed by atoms with van der Waals surface area (Å²) in [6.07, 6.45) is -2.38. The van der Waals surface area contributed by atoms with Crippen molar-refractivity contribution in [2.45, 2.75) is 63.7 Å². The molecule has 396 valence electrons. The number of rotatable bonds is 43. The average molecular weight is 1040 g/mol. The predicted octanol–water partition coefficient (Wildman–Crippen LogP) is 2.43. The molecule has 0 unspecified atom stereocenters. The van der Waals surface area contributed by atoms with E-state index in [1.165, 1.54) is 0 Å². The number of carbonyl (C=O) groups is 6. The van der Waals surface area contributed by atoms with E-state index >= 15 is 0 Å². The predicted molar refractivity (Wildman–Crippen MR) is 192 cm³/mol. The van der Waals surface area contributed by atoms with Crippen LogP contribution in [0.25, 0.3) is 11.1 Å². The highest BCUT2D eigenvalue weighted by atomic mass is 18.0. The summed E-state index contributed by atoms with van der Waals surface area (Å²) in [5.74, 6) is -4.74. The molecule has 0 saturated carbocycles. The first-order chi connectivity index (χ1) is 34.7. The zero-order valence-electron chi connectivity index (χ0n) is 36.6. The number of fused-ring (bicyclic) bond motifs is 3. The fraction of sp³-hybridized carbons (Fsp3) is 0.486. The van der Waals surface area contributed by atoms with Crippen LogP contribution in [0.1, 0.15) is 74.8 Å². The number of ether oxygens (including phenoxy) is 2. The minimum absolute atomic E-state index is 0.0127. The Morgan fingerprint density at radius 2 is 0.887 bits per heavy atom. The highest BCUT2D eigenvalue weighted by Gasteiger charge is 2.38. The SMILES string of the molecule is COOOOOOOOOOOOOCC(COOOOOOOOOOOOOC)(COC(=O)CCCC(=O)ON1C(=O)CCC1=O)CC(=O)CCCC(=O)OCC1c2ccccc2-c2ccccc21. The Morgan fingerprint density at radius 1 is 0.493 bits per heavy atom. The molecule has 2 aromatic carbocycles. The van der Waals surface area contributed by atoms with Gasteiger partial charge in [0.1, 0.15) is 19.0 Å². The minimum atomic E-state index is -1.85. The third-order valence-electron chi connectivity index (χ3n) is 8.80. The molecule has 71 heavy (non-hydrogen) atoms. The van der Waals surface area contributed by atoms with Crippen LogP contribution >= 0.6 is 0 Å². The standard InChI is InChI=1S/C35H41NO35/c1-43-50-54-58-62-66-70-68-64-60-56-52-47-22-35(23-48-53-57-61-65-69-71-67-63-59-55-51-44-2,21-46-33(41)15-8-16-34(42)49-36-30(38)17-18-31(36)39)19-24(37)9-7-14-32(40)45-20-29-27-12-5-3-10-25(27)26-11-4-6-13-28(26)29/h3-6,10-13,29H,7-9,14-23H2,1-2H3. The first-order valence-electron chi connectivity index (χ1n) is 19.7. The summed E-state index contributed by atoms with van der Waals surface area (Å²) in [4.78, 5) is 97.7. The summed E-state index contributed by atoms with van der Waals surface area (Å²) < 4.78 is 11.0. The lowest BCUT2D eigenvalue weighted by Crippen LogP contribution is -2.40. The van der Waals surface area contributed by atoms with Crippen LogP contribution in [0.2, 0.25) is 0 Å². The summed E-state index contributed by atoms with van der Waals surface area (Å²) in [7, 11) is 2.12. The van der Waals surface area contributed by atoms with Gasteiger partial charge in [-0.2, -0.15) is 0 Å². The number of hydrogen-bond donors (Lipinski definition) is 0. The Labute approximate surface area is 394 Å². The van der Waals surface area contributed by atoms with Gasteiger partial charge in [0, 0.05) is 50.9 Å². The van der Waals surface area contributed by atoms with E-state index in [4.69, 9.17) is 24.1 Å². The summed E-state index contributed by atoms with van der Waals surface area (Å²) >= 11 is 0. The second-order valence-corrected chi connectivity index (χ2v) is 13.4. The van der Waals surface area contributed by atoms with E-state index in [1.807, 2.05) is 48.5 Å². The van der Waals surface area contributed by atoms with Gasteiger partial charge >= 0.3 is 17.9 Å². The zero-order chi connectivity index (χ0) is 50.8. The van der Waals surface area contributed by atoms with Gasteiger partial charge < -0.3 is 14.3 Å². The molecule has 1 aliphatic carbocycles. The summed E-state index contributed by atoms with van der Waals surface area (Å²) in [5, 5.41) is 85.2. The van der Waals surface area contributed by atoms with E-state index in [0.29, 0.717) is 5.06 Å². The lowest BCUT2D eigenvalue weighted by atomic mass is 9.84. The second-order valence-electron chi connectivity index (χ2n) is 13.4. The summed E-state index contributed by atoms with van der Waals surface area (Å²) in [5.41, 5.74) is 2.22. The molecule has 0 radical (unpaired) electrons. The Morgan fingerprint density at radius 3 is 1.35 bits per heavy atom. The monoisotopic (exact) mass is 1040 g/mol. The number of hydrogen-bond acceptors (Lipinski definition) is 35. The third kappa shape index (κ3) is 22.7. The molecule has 1 fully saturated rings. The number of hydroxylamine groups is 2. The molecule has 0 aromatic heterocycles. The molecule has 36 nitrogen and oxygen atoms in total. The minimum Gasteiger partial charge on any atom is -0.465 e. The quantitative estimate of drug-likeness (QED) is 0.0302. The molecule has 2 amide bonds. The van der Waals surface area contributed by atoms with Crippen LogP contribution in [0.4, 0.5) is 0 Å². The maximum atomic E-state index is 13.5. The molecule has 0 bridgehead atoms. The van der Waals surface area contributed by atoms with Crippen LogP contribution in [0.3, 0.4) is 0 Å². The van der Waals surface area contributed by atoms with Crippen molar-refractivity contribution >= 4 is 35.5 Å². The van der Waals surface area contributed by atoms with E-state index in [2.05, 4.69) is 121 Å². The molecule has 0 spiro atoms. The molecular weight excluding hydrogens is 994 g/mol. The fourth-order valence-electron chi connectivity index (χ4n) is 5.99. The van der Waals surface area contributed by atoms with E-state index in [0.717, 1.165) is 36.5 Å². The number of imide groups is 1. The maximum Gasteiger partial charge on any atom is 0.333 e. The third-order valence-corrected chi connectivity index (χ3v) is 8.80. The highest BCUT2D eigenvalue weighted by molar-refractivity contribution is 6.01. The van der Waals surface area contributed by atoms with E-state index in [1.54, 1.807) is 0 Å². The van der Waals surface area contributed by atoms with Crippen LogP contribution in [-0.2, 0) is 173 Å². The number of nitrogens with zero attached hydrogens (tertiary/aromatic N) is 1. The molecule has 4 rings (SSSR count). The van der Waals surface area contributed by atoms with Crippen molar-refractivity contribution in [2.24, 2.45) is 5.41 Å². The van der Waals surface area contributed by atoms with Crippen molar-refractivity contribution in [1.82, 2.24) is 5.06 Å². The first kappa shape index (κ1) is 58.2. The lowest BCUT2D eigenvalue weighted by molar-refractivity contribution is -0.870. The van der Waals surface area contributed by atoms with Gasteiger partial charge in [0.15, 0.2) is 0 Å². The molecule has 1 aliphatic heterocycles. The van der Waals surface area contributed by atoms with Crippen molar-refractivity contribution in [3.63, 3.8) is 0 Å². The van der Waals surface area contributed by atoms with Gasteiger partial charge in [0.25, 0.3) is 11.8 Å². The maximum absolute atomic E-state index is 13.5. The van der Waals surface area contributed by atoms with Gasteiger partial charge in [-0.3, -0.25) is 24.0 Å². The Bertz CT molecular complexity index is 1810. The Balaban J connectivity index is 1.31. The number of ketones is 1. The van der Waals surface area contributed by atoms with E-state index < -0.39 is 80.0 Å². The average Bonchev–Trinajstić information content (AvgIpc) is 3.86. The summed E-state index contributed by atoms with van der Waals surface area (Å²) in [6, 6.07) is 15.5. The first-order valence-corrected chi connectivity index (χ1v) is 19.7. The van der Waals surface area contributed by atoms with E-state index in [9.17, 15) is 28.8 Å². The molecule has 2 aromatic rings. The van der Waals surface area contributed by atoms with Gasteiger partial charge in [-0.15, -0.1) is 5.06 Å². The highest BCUT2D eigenvalue weighted by Crippen LogP contribution is 2.44. The summed E-state index contributed by atoms with van der Waals surface area (Å²) in [6.45, 7) is -2.36. The van der Waals surface area contributed by atoms with E-state index in [-0.39, 0.29) is 51.0 Å². The van der Waals surface area contributed by atoms with Crippen LogP contribution in [-0.4, -0.2) is 81.2 Å². The van der Waals surface area contributed by atoms with Gasteiger partial charge in [0.05, 0.1) is 32.8 Å². The molecule has 0 atom stereocenters. The van der Waals surface area contributed by atoms with Crippen LogP contribution in [0.5, 0.6) is 0 Å². The molecule has 0 N–H and O–H groups in total. The van der Waals surface area contributed by atoms with Crippen LogP contribution < -0.4 is 0 Å². The normalized spacial score (nSPS) is 13.4. The van der Waals surface area contributed by atoms with Crippen molar-refractivity contribution in [3.05, 3.63) is 59.7 Å². The lowest BCUT2D eigenvalue weighted by Gasteiger charge is -2.30. The molecule has 1 heterocycles. The topological polar surface area (TPSA) is 373 Å². The zero-order valence-corrected chi connectivity index (χ0v) is 36.6. The number of carbonyl (C=O) groups excluding carboxylic acids is 6. The van der Waals surface area contributed by atoms with Crippen molar-refractivity contribution in [3.8, 4) is 11.1 Å². The number of esters is 2. The van der Waals surface area contributed by atoms with Crippen LogP contribution in [0, 0.1) is 5.41 Å². The smallest absolute Gasteiger partial charge is 0.333 e. The van der Waals surface area contributed by atoms with Crippen molar-refractivity contribution in [1.29, 1.82) is 0 Å². The molecule has 1 saturated heterocycles. The van der Waals surface area contributed by atoms with Gasteiger partial charge in [-0.05, 0) is 146 Å². The number of benzene rings is 2. The van der Waals surface area contributed by atoms with Crippen molar-refractivity contribution in [2.75, 3.05) is 40.6 Å². The second kappa shape index (κ2) is 34.9.